The molecule has 0 saturated carbocycles. The first-order valence-corrected chi connectivity index (χ1v) is 13.1. The number of nitrogens with one attached hydrogen (secondary N) is 1. The number of nitrogens with zero attached hydrogens (tertiary/aromatic N) is 4. The summed E-state index contributed by atoms with van der Waals surface area (Å²) in [6.07, 6.45) is 6.47. The predicted molar refractivity (Wildman–Crippen MR) is 133 cm³/mol. The Morgan fingerprint density at radius 1 is 1.12 bits per heavy atom. The number of benzene rings is 1. The number of piperazine rings is 1. The van der Waals surface area contributed by atoms with Crippen LogP contribution in [0.1, 0.15) is 46.8 Å². The van der Waals surface area contributed by atoms with Gasteiger partial charge in [0.25, 0.3) is 5.91 Å². The van der Waals surface area contributed by atoms with Gasteiger partial charge in [-0.25, -0.2) is 0 Å². The molecule has 0 unspecified atom stereocenters. The number of thiophene rings is 1. The molecule has 1 N–H and O–H groups in total. The van der Waals surface area contributed by atoms with E-state index >= 15 is 0 Å². The standard InChI is InChI=1S/C26H29N5O2S/c32-26(18-9-10-22-20(17-18)19-5-1-2-6-21(19)27-22)31-14-12-30(13-15-31)11-3-8-24-28-25(29-33-24)23-7-4-16-34-23/h4,7,9-10,16-17,27H,1-3,5-6,8,11-15H2. The van der Waals surface area contributed by atoms with Crippen molar-refractivity contribution in [2.24, 2.45) is 0 Å². The number of amides is 1. The van der Waals surface area contributed by atoms with Gasteiger partial charge < -0.3 is 14.4 Å². The first-order chi connectivity index (χ1) is 16.7. The molecule has 34 heavy (non-hydrogen) atoms. The number of rotatable bonds is 6. The first kappa shape index (κ1) is 21.6. The molecule has 1 amide bonds. The minimum Gasteiger partial charge on any atom is -0.358 e. The highest BCUT2D eigenvalue weighted by atomic mass is 32.1. The quantitative estimate of drug-likeness (QED) is 0.443. The van der Waals surface area contributed by atoms with Gasteiger partial charge in [-0.1, -0.05) is 11.2 Å². The van der Waals surface area contributed by atoms with Crippen molar-refractivity contribution in [2.75, 3.05) is 32.7 Å². The maximum Gasteiger partial charge on any atom is 0.253 e. The minimum absolute atomic E-state index is 0.152. The predicted octanol–water partition coefficient (Wildman–Crippen LogP) is 4.55. The third kappa shape index (κ3) is 4.28. The van der Waals surface area contributed by atoms with Gasteiger partial charge in [0.1, 0.15) is 0 Å². The van der Waals surface area contributed by atoms with Crippen LogP contribution in [0.3, 0.4) is 0 Å². The highest BCUT2D eigenvalue weighted by Crippen LogP contribution is 2.30. The molecule has 176 valence electrons. The molecule has 6 rings (SSSR count). The SMILES string of the molecule is O=C(c1ccc2[nH]c3c(c2c1)CCCC3)N1CCN(CCCc2nc(-c3cccs3)no2)CC1. The molecule has 0 spiro atoms. The molecular weight excluding hydrogens is 446 g/mol. The van der Waals surface area contributed by atoms with Crippen molar-refractivity contribution in [1.82, 2.24) is 24.9 Å². The van der Waals surface area contributed by atoms with Gasteiger partial charge in [0.15, 0.2) is 0 Å². The van der Waals surface area contributed by atoms with Crippen molar-refractivity contribution < 1.29 is 9.32 Å². The fraction of sp³-hybridized carbons (Fsp3) is 0.423. The summed E-state index contributed by atoms with van der Waals surface area (Å²) < 4.78 is 5.41. The molecule has 3 aromatic heterocycles. The summed E-state index contributed by atoms with van der Waals surface area (Å²) in [4.78, 5) is 26.7. The van der Waals surface area contributed by atoms with Crippen LogP contribution >= 0.6 is 11.3 Å². The van der Waals surface area contributed by atoms with Gasteiger partial charge in [-0.05, 0) is 73.9 Å². The number of aryl methyl sites for hydroxylation is 3. The van der Waals surface area contributed by atoms with Crippen LogP contribution in [0.15, 0.2) is 40.2 Å². The summed E-state index contributed by atoms with van der Waals surface area (Å²) >= 11 is 1.62. The van der Waals surface area contributed by atoms with E-state index in [0.717, 1.165) is 74.4 Å². The number of hydrogen-bond acceptors (Lipinski definition) is 6. The number of hydrogen-bond donors (Lipinski definition) is 1. The maximum atomic E-state index is 13.2. The molecule has 2 aliphatic rings. The Labute approximate surface area is 202 Å². The number of aromatic amines is 1. The lowest BCUT2D eigenvalue weighted by molar-refractivity contribution is 0.0635. The van der Waals surface area contributed by atoms with Crippen LogP contribution in [0, 0.1) is 0 Å². The van der Waals surface area contributed by atoms with Crippen molar-refractivity contribution in [3.63, 3.8) is 0 Å². The summed E-state index contributed by atoms with van der Waals surface area (Å²) in [7, 11) is 0. The topological polar surface area (TPSA) is 78.3 Å². The fourth-order valence-corrected chi connectivity index (χ4v) is 5.86. The molecule has 0 atom stereocenters. The third-order valence-corrected chi connectivity index (χ3v) is 7.94. The normalized spacial score (nSPS) is 16.8. The largest absolute Gasteiger partial charge is 0.358 e. The zero-order valence-electron chi connectivity index (χ0n) is 19.3. The number of H-pyrrole nitrogens is 1. The van der Waals surface area contributed by atoms with E-state index in [4.69, 9.17) is 4.52 Å². The molecule has 0 bridgehead atoms. The average Bonchev–Trinajstić information content (AvgIpc) is 3.63. The Balaban J connectivity index is 1.01. The molecule has 8 heteroatoms. The molecule has 0 radical (unpaired) electrons. The molecule has 1 fully saturated rings. The number of aromatic nitrogens is 3. The van der Waals surface area contributed by atoms with E-state index in [1.807, 2.05) is 28.5 Å². The molecule has 1 aliphatic heterocycles. The highest BCUT2D eigenvalue weighted by Gasteiger charge is 2.23. The van der Waals surface area contributed by atoms with E-state index in [1.165, 1.54) is 29.5 Å². The van der Waals surface area contributed by atoms with Crippen LogP contribution in [-0.2, 0) is 19.3 Å². The van der Waals surface area contributed by atoms with Crippen LogP contribution in [0.5, 0.6) is 0 Å². The second-order valence-corrected chi connectivity index (χ2v) is 10.2. The molecule has 4 heterocycles. The van der Waals surface area contributed by atoms with Gasteiger partial charge in [-0.15, -0.1) is 11.3 Å². The van der Waals surface area contributed by atoms with E-state index in [0.29, 0.717) is 11.7 Å². The van der Waals surface area contributed by atoms with Gasteiger partial charge in [-0.2, -0.15) is 4.98 Å². The van der Waals surface area contributed by atoms with Crippen molar-refractivity contribution in [3.8, 4) is 10.7 Å². The van der Waals surface area contributed by atoms with Gasteiger partial charge in [0, 0.05) is 54.8 Å². The lowest BCUT2D eigenvalue weighted by Gasteiger charge is -2.34. The van der Waals surface area contributed by atoms with E-state index in [1.54, 1.807) is 11.3 Å². The Morgan fingerprint density at radius 2 is 2.00 bits per heavy atom. The summed E-state index contributed by atoms with van der Waals surface area (Å²) in [5.41, 5.74) is 4.76. The molecule has 1 aliphatic carbocycles. The summed E-state index contributed by atoms with van der Waals surface area (Å²) in [5.74, 6) is 1.52. The third-order valence-electron chi connectivity index (χ3n) is 7.08. The van der Waals surface area contributed by atoms with Crippen molar-refractivity contribution in [2.45, 2.75) is 38.5 Å². The highest BCUT2D eigenvalue weighted by molar-refractivity contribution is 7.13. The Kier molecular flexibility index (Phi) is 5.93. The molecular formula is C26H29N5O2S. The summed E-state index contributed by atoms with van der Waals surface area (Å²) in [6.45, 7) is 4.31. The summed E-state index contributed by atoms with van der Waals surface area (Å²) in [5, 5.41) is 7.34. The van der Waals surface area contributed by atoms with E-state index in [2.05, 4.69) is 32.2 Å². The number of carbonyl (C=O) groups excluding carboxylic acids is 1. The minimum atomic E-state index is 0.152. The lowest BCUT2D eigenvalue weighted by atomic mass is 9.95. The van der Waals surface area contributed by atoms with E-state index in [-0.39, 0.29) is 5.91 Å². The number of fused-ring (bicyclic) bond motifs is 3. The lowest BCUT2D eigenvalue weighted by Crippen LogP contribution is -2.48. The van der Waals surface area contributed by atoms with Gasteiger partial charge >= 0.3 is 0 Å². The Hall–Kier alpha value is -2.97. The van der Waals surface area contributed by atoms with Crippen LogP contribution in [-0.4, -0.2) is 63.6 Å². The average molecular weight is 476 g/mol. The molecule has 4 aromatic rings. The first-order valence-electron chi connectivity index (χ1n) is 12.3. The zero-order chi connectivity index (χ0) is 22.9. The summed E-state index contributed by atoms with van der Waals surface area (Å²) in [6, 6.07) is 10.2. The van der Waals surface area contributed by atoms with E-state index in [9.17, 15) is 4.79 Å². The monoisotopic (exact) mass is 475 g/mol. The Bertz CT molecular complexity index is 1280. The number of carbonyl (C=O) groups is 1. The smallest absolute Gasteiger partial charge is 0.253 e. The van der Waals surface area contributed by atoms with Crippen LogP contribution in [0.25, 0.3) is 21.6 Å². The van der Waals surface area contributed by atoms with Gasteiger partial charge in [0.05, 0.1) is 4.88 Å². The van der Waals surface area contributed by atoms with Crippen molar-refractivity contribution >= 4 is 28.1 Å². The van der Waals surface area contributed by atoms with Crippen molar-refractivity contribution in [1.29, 1.82) is 0 Å². The van der Waals surface area contributed by atoms with E-state index < -0.39 is 0 Å². The maximum absolute atomic E-state index is 13.2. The Morgan fingerprint density at radius 3 is 2.85 bits per heavy atom. The fourth-order valence-electron chi connectivity index (χ4n) is 5.21. The van der Waals surface area contributed by atoms with Gasteiger partial charge in [-0.3, -0.25) is 9.69 Å². The molecule has 1 saturated heterocycles. The zero-order valence-corrected chi connectivity index (χ0v) is 20.1. The van der Waals surface area contributed by atoms with Crippen LogP contribution in [0.4, 0.5) is 0 Å². The van der Waals surface area contributed by atoms with Crippen molar-refractivity contribution in [3.05, 3.63) is 58.4 Å². The van der Waals surface area contributed by atoms with Crippen LogP contribution in [0.2, 0.25) is 0 Å². The second kappa shape index (κ2) is 9.35. The molecule has 1 aromatic carbocycles. The second-order valence-electron chi connectivity index (χ2n) is 9.28. The van der Waals surface area contributed by atoms with Gasteiger partial charge in [0.2, 0.25) is 11.7 Å². The van der Waals surface area contributed by atoms with Crippen LogP contribution < -0.4 is 0 Å². The molecule has 7 nitrogen and oxygen atoms in total.